The fraction of sp³-hybridized carbons (Fsp3) is 0.409. The number of aromatic amines is 1. The minimum Gasteiger partial charge on any atom is -0.484 e. The number of hydrogen-bond donors (Lipinski definition) is 2. The molecule has 0 radical (unpaired) electrons. The van der Waals surface area contributed by atoms with E-state index in [-0.39, 0.29) is 24.3 Å². The van der Waals surface area contributed by atoms with Crippen LogP contribution < -0.4 is 10.1 Å². The van der Waals surface area contributed by atoms with E-state index >= 15 is 0 Å². The zero-order chi connectivity index (χ0) is 23.4. The first kappa shape index (κ1) is 23.2. The lowest BCUT2D eigenvalue weighted by molar-refractivity contribution is -0.134. The van der Waals surface area contributed by atoms with Gasteiger partial charge >= 0.3 is 0 Å². The molecule has 0 spiro atoms. The summed E-state index contributed by atoms with van der Waals surface area (Å²) in [5.74, 6) is 0.910. The van der Waals surface area contributed by atoms with E-state index in [2.05, 4.69) is 25.5 Å². The van der Waals surface area contributed by atoms with E-state index in [9.17, 15) is 9.59 Å². The third-order valence-corrected chi connectivity index (χ3v) is 7.23. The lowest BCUT2D eigenvalue weighted by Gasteiger charge is -2.31. The van der Waals surface area contributed by atoms with Gasteiger partial charge in [0.05, 0.1) is 5.01 Å². The Morgan fingerprint density at radius 2 is 2.03 bits per heavy atom. The summed E-state index contributed by atoms with van der Waals surface area (Å²) in [7, 11) is 0. The van der Waals surface area contributed by atoms with Gasteiger partial charge in [-0.25, -0.2) is 10.1 Å². The van der Waals surface area contributed by atoms with Gasteiger partial charge in [-0.2, -0.15) is 4.98 Å². The number of piperidine rings is 1. The van der Waals surface area contributed by atoms with Gasteiger partial charge in [0.25, 0.3) is 11.8 Å². The number of nitrogens with one attached hydrogen (secondary N) is 2. The minimum absolute atomic E-state index is 0.0115. The van der Waals surface area contributed by atoms with Crippen molar-refractivity contribution in [2.24, 2.45) is 0 Å². The molecule has 4 rings (SSSR count). The highest BCUT2D eigenvalue weighted by Crippen LogP contribution is 2.30. The van der Waals surface area contributed by atoms with Crippen LogP contribution in [0.25, 0.3) is 0 Å². The Balaban J connectivity index is 1.26. The molecule has 1 aliphatic heterocycles. The van der Waals surface area contributed by atoms with Crippen molar-refractivity contribution in [3.8, 4) is 5.75 Å². The molecular formula is C22H26N6O3S2. The molecule has 0 saturated carbocycles. The number of thioether (sulfide) groups is 1. The van der Waals surface area contributed by atoms with Crippen molar-refractivity contribution < 1.29 is 14.3 Å². The van der Waals surface area contributed by atoms with E-state index in [4.69, 9.17) is 4.74 Å². The van der Waals surface area contributed by atoms with E-state index in [1.807, 2.05) is 43.2 Å². The maximum absolute atomic E-state index is 12.6. The zero-order valence-electron chi connectivity index (χ0n) is 18.8. The molecule has 11 heteroatoms. The summed E-state index contributed by atoms with van der Waals surface area (Å²) in [6.45, 7) is 5.41. The highest BCUT2D eigenvalue weighted by Gasteiger charge is 2.26. The summed E-state index contributed by atoms with van der Waals surface area (Å²) >= 11 is 2.86. The number of nitrogens with zero attached hydrogens (tertiary/aromatic N) is 4. The van der Waals surface area contributed by atoms with Crippen LogP contribution in [0.3, 0.4) is 0 Å². The second kappa shape index (κ2) is 10.3. The number of H-pyrrole nitrogens is 1. The standard InChI is InChI=1S/C22H26N6O3S2/c1-13-4-5-16(10-14(13)2)31-11-18(29)28-8-6-15(7-9-28)20-23-17(12-33-20)19(30)24-21-25-22(32-3)27-26-21/h4-5,10,12,15H,6-9,11H2,1-3H3,(H2,24,25,26,27,30). The van der Waals surface area contributed by atoms with Gasteiger partial charge in [-0.05, 0) is 56.2 Å². The number of carbonyl (C=O) groups excluding carboxylic acids is 2. The number of aromatic nitrogens is 4. The molecular weight excluding hydrogens is 460 g/mol. The van der Waals surface area contributed by atoms with Crippen molar-refractivity contribution >= 4 is 40.9 Å². The van der Waals surface area contributed by atoms with Crippen molar-refractivity contribution in [3.05, 3.63) is 45.4 Å². The number of likely N-dealkylation sites (tertiary alicyclic amines) is 1. The van der Waals surface area contributed by atoms with E-state index in [0.717, 1.165) is 23.4 Å². The Kier molecular flexibility index (Phi) is 7.29. The van der Waals surface area contributed by atoms with Gasteiger partial charge in [-0.3, -0.25) is 14.9 Å². The second-order valence-electron chi connectivity index (χ2n) is 7.89. The summed E-state index contributed by atoms with van der Waals surface area (Å²) in [5.41, 5.74) is 2.70. The summed E-state index contributed by atoms with van der Waals surface area (Å²) in [6.07, 6.45) is 3.48. The molecule has 174 valence electrons. The van der Waals surface area contributed by atoms with Gasteiger partial charge < -0.3 is 9.64 Å². The number of hydrogen-bond acceptors (Lipinski definition) is 8. The van der Waals surface area contributed by atoms with E-state index in [1.165, 1.54) is 28.7 Å². The number of rotatable bonds is 7. The number of amides is 2. The summed E-state index contributed by atoms with van der Waals surface area (Å²) in [6, 6.07) is 5.84. The van der Waals surface area contributed by atoms with Crippen LogP contribution in [0.1, 0.15) is 45.4 Å². The maximum atomic E-state index is 12.6. The molecule has 1 fully saturated rings. The molecule has 2 N–H and O–H groups in total. The Bertz CT molecular complexity index is 1140. The summed E-state index contributed by atoms with van der Waals surface area (Å²) in [5, 5.41) is 12.6. The first-order chi connectivity index (χ1) is 15.9. The van der Waals surface area contributed by atoms with Crippen molar-refractivity contribution in [1.29, 1.82) is 0 Å². The van der Waals surface area contributed by atoms with Crippen LogP contribution in [0.5, 0.6) is 5.75 Å². The minimum atomic E-state index is -0.322. The second-order valence-corrected chi connectivity index (χ2v) is 9.55. The Morgan fingerprint density at radius 1 is 1.24 bits per heavy atom. The third kappa shape index (κ3) is 5.72. The van der Waals surface area contributed by atoms with Gasteiger partial charge in [0.15, 0.2) is 6.61 Å². The monoisotopic (exact) mass is 486 g/mol. The maximum Gasteiger partial charge on any atom is 0.277 e. The molecule has 33 heavy (non-hydrogen) atoms. The van der Waals surface area contributed by atoms with Crippen molar-refractivity contribution in [2.45, 2.75) is 37.8 Å². The highest BCUT2D eigenvalue weighted by atomic mass is 32.2. The van der Waals surface area contributed by atoms with Gasteiger partial charge in [-0.1, -0.05) is 17.8 Å². The Morgan fingerprint density at radius 3 is 2.73 bits per heavy atom. The first-order valence-electron chi connectivity index (χ1n) is 10.6. The number of carbonyl (C=O) groups is 2. The molecule has 2 amide bonds. The molecule has 0 bridgehead atoms. The molecule has 1 saturated heterocycles. The number of benzene rings is 1. The lowest BCUT2D eigenvalue weighted by Crippen LogP contribution is -2.40. The average molecular weight is 487 g/mol. The number of ether oxygens (including phenoxy) is 1. The topological polar surface area (TPSA) is 113 Å². The number of thiazole rings is 1. The van der Waals surface area contributed by atoms with E-state index in [1.54, 1.807) is 5.38 Å². The molecule has 0 unspecified atom stereocenters. The normalized spacial score (nSPS) is 14.3. The van der Waals surface area contributed by atoms with Gasteiger partial charge in [0, 0.05) is 24.4 Å². The van der Waals surface area contributed by atoms with Crippen LogP contribution in [0.15, 0.2) is 28.7 Å². The zero-order valence-corrected chi connectivity index (χ0v) is 20.4. The van der Waals surface area contributed by atoms with Crippen LogP contribution in [0.4, 0.5) is 5.95 Å². The molecule has 0 atom stereocenters. The number of aryl methyl sites for hydroxylation is 2. The molecule has 1 aliphatic rings. The van der Waals surface area contributed by atoms with Gasteiger partial charge in [-0.15, -0.1) is 16.4 Å². The van der Waals surface area contributed by atoms with Crippen molar-refractivity contribution in [1.82, 2.24) is 25.1 Å². The molecule has 2 aromatic heterocycles. The summed E-state index contributed by atoms with van der Waals surface area (Å²) in [4.78, 5) is 35.5. The van der Waals surface area contributed by atoms with E-state index in [0.29, 0.717) is 35.6 Å². The predicted octanol–water partition coefficient (Wildman–Crippen LogP) is 3.64. The molecule has 9 nitrogen and oxygen atoms in total. The van der Waals surface area contributed by atoms with Crippen molar-refractivity contribution in [2.75, 3.05) is 31.3 Å². The molecule has 3 heterocycles. The fourth-order valence-electron chi connectivity index (χ4n) is 3.56. The van der Waals surface area contributed by atoms with Crippen LogP contribution >= 0.6 is 23.1 Å². The third-order valence-electron chi connectivity index (χ3n) is 5.67. The van der Waals surface area contributed by atoms with Gasteiger partial charge in [0.2, 0.25) is 11.1 Å². The SMILES string of the molecule is CSc1n[nH]c(NC(=O)c2csc(C3CCN(C(=O)COc4ccc(C)c(C)c4)CC3)n2)n1. The molecule has 0 aliphatic carbocycles. The average Bonchev–Trinajstić information content (AvgIpc) is 3.49. The van der Waals surface area contributed by atoms with Gasteiger partial charge in [0.1, 0.15) is 11.4 Å². The number of anilines is 1. The van der Waals surface area contributed by atoms with Crippen LogP contribution in [-0.2, 0) is 4.79 Å². The fourth-order valence-corrected chi connectivity index (χ4v) is 4.85. The largest absolute Gasteiger partial charge is 0.484 e. The lowest BCUT2D eigenvalue weighted by atomic mass is 9.97. The quantitative estimate of drug-likeness (QED) is 0.490. The molecule has 1 aromatic carbocycles. The van der Waals surface area contributed by atoms with Crippen LogP contribution in [-0.4, -0.2) is 62.8 Å². The smallest absolute Gasteiger partial charge is 0.277 e. The summed E-state index contributed by atoms with van der Waals surface area (Å²) < 4.78 is 5.70. The highest BCUT2D eigenvalue weighted by molar-refractivity contribution is 7.98. The Hall–Kier alpha value is -2.92. The first-order valence-corrected chi connectivity index (χ1v) is 12.7. The molecule has 3 aromatic rings. The van der Waals surface area contributed by atoms with E-state index < -0.39 is 0 Å². The van der Waals surface area contributed by atoms with Crippen molar-refractivity contribution in [3.63, 3.8) is 0 Å². The van der Waals surface area contributed by atoms with Crippen LogP contribution in [0.2, 0.25) is 0 Å². The predicted molar refractivity (Wildman–Crippen MR) is 128 cm³/mol. The van der Waals surface area contributed by atoms with Crippen LogP contribution in [0, 0.1) is 13.8 Å². The Labute approximate surface area is 200 Å².